The van der Waals surface area contributed by atoms with E-state index in [1.165, 1.54) is 5.56 Å². The minimum absolute atomic E-state index is 0.0138. The maximum absolute atomic E-state index is 12.4. The SMILES string of the molecule is COCCN(CCCc1ccccc1)CC(=O)Nc1ccccc1I. The molecule has 2 aromatic carbocycles. The van der Waals surface area contributed by atoms with E-state index in [1.54, 1.807) is 7.11 Å². The predicted molar refractivity (Wildman–Crippen MR) is 111 cm³/mol. The molecule has 0 bridgehead atoms. The second kappa shape index (κ2) is 11.2. The first-order chi connectivity index (χ1) is 12.2. The molecule has 0 atom stereocenters. The van der Waals surface area contributed by atoms with Gasteiger partial charge in [0, 0.05) is 17.2 Å². The number of amides is 1. The van der Waals surface area contributed by atoms with Crippen molar-refractivity contribution in [3.8, 4) is 0 Å². The highest BCUT2D eigenvalue weighted by atomic mass is 127. The molecular formula is C20H25IN2O2. The summed E-state index contributed by atoms with van der Waals surface area (Å²) in [5.74, 6) is 0.0138. The predicted octanol–water partition coefficient (Wildman–Crippen LogP) is 3.81. The number of nitrogens with one attached hydrogen (secondary N) is 1. The second-order valence-electron chi connectivity index (χ2n) is 5.89. The average molecular weight is 452 g/mol. The van der Waals surface area contributed by atoms with Gasteiger partial charge in [0.1, 0.15) is 0 Å². The number of carbonyl (C=O) groups excluding carboxylic acids is 1. The van der Waals surface area contributed by atoms with Crippen molar-refractivity contribution >= 4 is 34.2 Å². The van der Waals surface area contributed by atoms with Gasteiger partial charge in [-0.25, -0.2) is 0 Å². The molecule has 0 heterocycles. The Kier molecular flexibility index (Phi) is 8.93. The molecule has 2 aromatic rings. The molecule has 1 N–H and O–H groups in total. The van der Waals surface area contributed by atoms with Crippen molar-refractivity contribution in [2.24, 2.45) is 0 Å². The molecule has 0 radical (unpaired) electrons. The molecule has 0 saturated heterocycles. The van der Waals surface area contributed by atoms with Crippen molar-refractivity contribution in [1.82, 2.24) is 4.90 Å². The summed E-state index contributed by atoms with van der Waals surface area (Å²) in [6, 6.07) is 18.2. The number of halogens is 1. The number of nitrogens with zero attached hydrogens (tertiary/aromatic N) is 1. The number of hydrogen-bond donors (Lipinski definition) is 1. The van der Waals surface area contributed by atoms with Gasteiger partial charge in [0.2, 0.25) is 5.91 Å². The van der Waals surface area contributed by atoms with Gasteiger partial charge in [-0.1, -0.05) is 42.5 Å². The largest absolute Gasteiger partial charge is 0.383 e. The van der Waals surface area contributed by atoms with Crippen molar-refractivity contribution in [1.29, 1.82) is 0 Å². The Hall–Kier alpha value is -1.44. The van der Waals surface area contributed by atoms with Crippen LogP contribution in [0.3, 0.4) is 0 Å². The highest BCUT2D eigenvalue weighted by Crippen LogP contribution is 2.16. The monoisotopic (exact) mass is 452 g/mol. The van der Waals surface area contributed by atoms with Crippen LogP contribution in [-0.4, -0.2) is 44.2 Å². The molecule has 0 aliphatic rings. The van der Waals surface area contributed by atoms with Gasteiger partial charge in [0.25, 0.3) is 0 Å². The summed E-state index contributed by atoms with van der Waals surface area (Å²) < 4.78 is 6.22. The Morgan fingerprint density at radius 1 is 1.08 bits per heavy atom. The van der Waals surface area contributed by atoms with Crippen LogP contribution in [0.1, 0.15) is 12.0 Å². The fourth-order valence-electron chi connectivity index (χ4n) is 2.60. The smallest absolute Gasteiger partial charge is 0.238 e. The fourth-order valence-corrected chi connectivity index (χ4v) is 3.12. The lowest BCUT2D eigenvalue weighted by molar-refractivity contribution is -0.117. The number of hydrogen-bond acceptors (Lipinski definition) is 3. The Labute approximate surface area is 163 Å². The molecule has 4 nitrogen and oxygen atoms in total. The summed E-state index contributed by atoms with van der Waals surface area (Å²) in [5, 5.41) is 3.00. The zero-order valence-corrected chi connectivity index (χ0v) is 16.7. The summed E-state index contributed by atoms with van der Waals surface area (Å²) in [7, 11) is 1.69. The molecule has 1 amide bonds. The number of ether oxygens (including phenoxy) is 1. The minimum Gasteiger partial charge on any atom is -0.383 e. The Morgan fingerprint density at radius 3 is 2.52 bits per heavy atom. The van der Waals surface area contributed by atoms with Gasteiger partial charge >= 0.3 is 0 Å². The second-order valence-corrected chi connectivity index (χ2v) is 7.05. The standard InChI is InChI=1S/C20H25IN2O2/c1-25-15-14-23(13-7-10-17-8-3-2-4-9-17)16-20(24)22-19-12-6-5-11-18(19)21/h2-6,8-9,11-12H,7,10,13-16H2,1H3,(H,22,24). The molecule has 0 spiro atoms. The summed E-state index contributed by atoms with van der Waals surface area (Å²) in [4.78, 5) is 14.5. The van der Waals surface area contributed by atoms with Gasteiger partial charge < -0.3 is 10.1 Å². The van der Waals surface area contributed by atoms with Crippen molar-refractivity contribution in [3.63, 3.8) is 0 Å². The Balaban J connectivity index is 1.83. The molecule has 25 heavy (non-hydrogen) atoms. The van der Waals surface area contributed by atoms with E-state index in [0.717, 1.165) is 35.2 Å². The molecule has 2 rings (SSSR count). The average Bonchev–Trinajstić information content (AvgIpc) is 2.62. The van der Waals surface area contributed by atoms with Gasteiger partial charge in [-0.2, -0.15) is 0 Å². The molecule has 0 aromatic heterocycles. The van der Waals surface area contributed by atoms with E-state index in [9.17, 15) is 4.79 Å². The van der Waals surface area contributed by atoms with Crippen molar-refractivity contribution in [2.75, 3.05) is 38.7 Å². The van der Waals surface area contributed by atoms with E-state index in [-0.39, 0.29) is 5.91 Å². The van der Waals surface area contributed by atoms with E-state index in [4.69, 9.17) is 4.74 Å². The Morgan fingerprint density at radius 2 is 1.80 bits per heavy atom. The van der Waals surface area contributed by atoms with Gasteiger partial charge in [-0.15, -0.1) is 0 Å². The molecule has 0 aliphatic carbocycles. The first-order valence-corrected chi connectivity index (χ1v) is 9.56. The first kappa shape index (κ1) is 19.9. The maximum atomic E-state index is 12.4. The van der Waals surface area contributed by atoms with Crippen LogP contribution >= 0.6 is 22.6 Å². The summed E-state index contributed by atoms with van der Waals surface area (Å²) in [5.41, 5.74) is 2.20. The lowest BCUT2D eigenvalue weighted by atomic mass is 10.1. The highest BCUT2D eigenvalue weighted by molar-refractivity contribution is 14.1. The third-order valence-electron chi connectivity index (χ3n) is 3.91. The lowest BCUT2D eigenvalue weighted by Crippen LogP contribution is -2.36. The van der Waals surface area contributed by atoms with Gasteiger partial charge in [-0.05, 0) is 59.7 Å². The van der Waals surface area contributed by atoms with Crippen LogP contribution in [0.25, 0.3) is 0 Å². The van der Waals surface area contributed by atoms with Gasteiger partial charge in [0.15, 0.2) is 0 Å². The topological polar surface area (TPSA) is 41.6 Å². The third-order valence-corrected chi connectivity index (χ3v) is 4.85. The molecule has 0 fully saturated rings. The van der Waals surface area contributed by atoms with Crippen molar-refractivity contribution < 1.29 is 9.53 Å². The van der Waals surface area contributed by atoms with Crippen LogP contribution in [0.4, 0.5) is 5.69 Å². The van der Waals surface area contributed by atoms with Crippen LogP contribution in [0, 0.1) is 3.57 Å². The first-order valence-electron chi connectivity index (χ1n) is 8.48. The lowest BCUT2D eigenvalue weighted by Gasteiger charge is -2.21. The molecule has 5 heteroatoms. The van der Waals surface area contributed by atoms with E-state index >= 15 is 0 Å². The number of methoxy groups -OCH3 is 1. The minimum atomic E-state index is 0.0138. The van der Waals surface area contributed by atoms with E-state index in [0.29, 0.717) is 13.2 Å². The fraction of sp³-hybridized carbons (Fsp3) is 0.350. The molecule has 0 unspecified atom stereocenters. The quantitative estimate of drug-likeness (QED) is 0.558. The molecule has 0 saturated carbocycles. The third kappa shape index (κ3) is 7.54. The Bertz CT molecular complexity index is 649. The zero-order chi connectivity index (χ0) is 17.9. The molecule has 134 valence electrons. The summed E-state index contributed by atoms with van der Waals surface area (Å²) >= 11 is 2.23. The number of carbonyl (C=O) groups is 1. The van der Waals surface area contributed by atoms with Crippen LogP contribution < -0.4 is 5.32 Å². The van der Waals surface area contributed by atoms with Crippen LogP contribution in [-0.2, 0) is 16.0 Å². The van der Waals surface area contributed by atoms with Crippen molar-refractivity contribution in [2.45, 2.75) is 12.8 Å². The van der Waals surface area contributed by atoms with Crippen LogP contribution in [0.2, 0.25) is 0 Å². The number of para-hydroxylation sites is 1. The van der Waals surface area contributed by atoms with E-state index < -0.39 is 0 Å². The summed E-state index contributed by atoms with van der Waals surface area (Å²) in [6.45, 7) is 2.63. The normalized spacial score (nSPS) is 10.8. The van der Waals surface area contributed by atoms with Crippen molar-refractivity contribution in [3.05, 3.63) is 63.7 Å². The van der Waals surface area contributed by atoms with Crippen LogP contribution in [0.5, 0.6) is 0 Å². The number of benzene rings is 2. The maximum Gasteiger partial charge on any atom is 0.238 e. The van der Waals surface area contributed by atoms with Gasteiger partial charge in [0.05, 0.1) is 18.8 Å². The highest BCUT2D eigenvalue weighted by Gasteiger charge is 2.12. The van der Waals surface area contributed by atoms with Gasteiger partial charge in [-0.3, -0.25) is 9.69 Å². The molecule has 0 aliphatic heterocycles. The van der Waals surface area contributed by atoms with E-state index in [1.807, 2.05) is 30.3 Å². The summed E-state index contributed by atoms with van der Waals surface area (Å²) in [6.07, 6.45) is 2.03. The zero-order valence-electron chi connectivity index (χ0n) is 14.6. The van der Waals surface area contributed by atoms with E-state index in [2.05, 4.69) is 57.1 Å². The van der Waals surface area contributed by atoms with Crippen LogP contribution in [0.15, 0.2) is 54.6 Å². The number of anilines is 1. The molecular weight excluding hydrogens is 427 g/mol. The number of aryl methyl sites for hydroxylation is 1. The number of rotatable bonds is 10.